The molecule has 2 amide bonds. The lowest BCUT2D eigenvalue weighted by Gasteiger charge is -2.15. The van der Waals surface area contributed by atoms with Crippen molar-refractivity contribution in [3.05, 3.63) is 72.3 Å². The number of aliphatic hydroxyl groups excluding tert-OH is 1. The summed E-state index contributed by atoms with van der Waals surface area (Å²) in [5.74, 6) is -0.568. The zero-order valence-electron chi connectivity index (χ0n) is 14.6. The van der Waals surface area contributed by atoms with E-state index in [2.05, 4.69) is 20.8 Å². The van der Waals surface area contributed by atoms with Crippen molar-refractivity contribution in [2.75, 3.05) is 11.9 Å². The molecule has 4 N–H and O–H groups in total. The third-order valence-corrected chi connectivity index (χ3v) is 3.96. The van der Waals surface area contributed by atoms with Crippen molar-refractivity contribution in [1.29, 1.82) is 0 Å². The highest BCUT2D eigenvalue weighted by Crippen LogP contribution is 2.19. The number of carbonyl (C=O) groups excluding carboxylic acids is 2. The van der Waals surface area contributed by atoms with Gasteiger partial charge in [0.05, 0.1) is 18.7 Å². The van der Waals surface area contributed by atoms with Gasteiger partial charge >= 0.3 is 0 Å². The van der Waals surface area contributed by atoms with Crippen LogP contribution in [0.3, 0.4) is 0 Å². The Labute approximate surface area is 156 Å². The molecule has 3 rings (SSSR count). The molecule has 0 spiro atoms. The smallest absolute Gasteiger partial charge is 0.250 e. The summed E-state index contributed by atoms with van der Waals surface area (Å²) in [6, 6.07) is 19.3. The van der Waals surface area contributed by atoms with E-state index in [1.54, 1.807) is 6.07 Å². The van der Waals surface area contributed by atoms with Crippen LogP contribution in [0, 0.1) is 0 Å². The van der Waals surface area contributed by atoms with E-state index in [0.29, 0.717) is 5.82 Å². The fraction of sp³-hybridized carbons (Fsp3) is 0.150. The molecular weight excluding hydrogens is 344 g/mol. The van der Waals surface area contributed by atoms with Crippen LogP contribution in [0.1, 0.15) is 5.56 Å². The summed E-state index contributed by atoms with van der Waals surface area (Å²) in [5, 5.41) is 21.5. The molecule has 0 fully saturated rings. The predicted molar refractivity (Wildman–Crippen MR) is 102 cm³/mol. The predicted octanol–water partition coefficient (Wildman–Crippen LogP) is 1.73. The fourth-order valence-electron chi connectivity index (χ4n) is 2.59. The number of benzene rings is 2. The van der Waals surface area contributed by atoms with Gasteiger partial charge in [0.1, 0.15) is 6.04 Å². The topological polar surface area (TPSA) is 107 Å². The number of rotatable bonds is 7. The number of hydrogen-bond acceptors (Lipinski definition) is 4. The summed E-state index contributed by atoms with van der Waals surface area (Å²) in [6.07, 6.45) is 0.130. The van der Waals surface area contributed by atoms with Gasteiger partial charge in [-0.25, -0.2) is 0 Å². The van der Waals surface area contributed by atoms with Crippen molar-refractivity contribution >= 4 is 17.6 Å². The van der Waals surface area contributed by atoms with Crippen molar-refractivity contribution < 1.29 is 14.7 Å². The molecule has 0 aliphatic heterocycles. The van der Waals surface area contributed by atoms with Crippen LogP contribution < -0.4 is 10.6 Å². The Morgan fingerprint density at radius 2 is 1.70 bits per heavy atom. The van der Waals surface area contributed by atoms with Crippen molar-refractivity contribution in [1.82, 2.24) is 15.5 Å². The molecule has 0 radical (unpaired) electrons. The number of aliphatic hydroxyl groups is 1. The van der Waals surface area contributed by atoms with E-state index in [-0.39, 0.29) is 12.3 Å². The van der Waals surface area contributed by atoms with Gasteiger partial charge in [0.25, 0.3) is 5.91 Å². The maximum Gasteiger partial charge on any atom is 0.250 e. The Bertz CT molecular complexity index is 894. The van der Waals surface area contributed by atoms with Gasteiger partial charge in [-0.05, 0) is 11.1 Å². The van der Waals surface area contributed by atoms with Gasteiger partial charge in [-0.1, -0.05) is 60.7 Å². The first-order valence-electron chi connectivity index (χ1n) is 8.51. The van der Waals surface area contributed by atoms with Crippen LogP contribution in [-0.2, 0) is 16.0 Å². The van der Waals surface area contributed by atoms with Gasteiger partial charge < -0.3 is 15.7 Å². The van der Waals surface area contributed by atoms with Gasteiger partial charge in [-0.2, -0.15) is 5.10 Å². The van der Waals surface area contributed by atoms with E-state index >= 15 is 0 Å². The molecule has 0 aliphatic rings. The van der Waals surface area contributed by atoms with Crippen LogP contribution in [0.4, 0.5) is 5.82 Å². The summed E-state index contributed by atoms with van der Waals surface area (Å²) in [6.45, 7) is -0.512. The largest absolute Gasteiger partial charge is 0.394 e. The number of anilines is 1. The Kier molecular flexibility index (Phi) is 5.96. The highest BCUT2D eigenvalue weighted by molar-refractivity contribution is 5.97. The summed E-state index contributed by atoms with van der Waals surface area (Å²) in [4.78, 5) is 24.4. The average Bonchev–Trinajstić information content (AvgIpc) is 3.16. The summed E-state index contributed by atoms with van der Waals surface area (Å²) in [5.41, 5.74) is 2.51. The van der Waals surface area contributed by atoms with Crippen molar-refractivity contribution in [3.63, 3.8) is 0 Å². The standard InChI is InChI=1S/C20H20N4O3/c25-13-17(21-19(26)11-14-7-3-1-4-8-14)20(27)22-18-12-16(23-24-18)15-9-5-2-6-10-15/h1-10,12,17,25H,11,13H2,(H,21,26)(H2,22,23,24,27). The van der Waals surface area contributed by atoms with Gasteiger partial charge in [-0.3, -0.25) is 14.7 Å². The SMILES string of the molecule is O=C(Cc1ccccc1)NC(CO)C(=O)Nc1cc(-c2ccccc2)[nH]n1. The molecule has 1 aromatic heterocycles. The van der Waals surface area contributed by atoms with Crippen LogP contribution in [0.2, 0.25) is 0 Å². The number of aromatic nitrogens is 2. The molecule has 2 aromatic carbocycles. The number of hydrogen-bond donors (Lipinski definition) is 4. The zero-order valence-corrected chi connectivity index (χ0v) is 14.6. The first-order chi connectivity index (χ1) is 13.2. The molecule has 0 bridgehead atoms. The molecule has 3 aromatic rings. The van der Waals surface area contributed by atoms with Crippen LogP contribution >= 0.6 is 0 Å². The molecule has 1 heterocycles. The minimum atomic E-state index is -1.06. The second-order valence-corrected chi connectivity index (χ2v) is 5.99. The summed E-state index contributed by atoms with van der Waals surface area (Å²) < 4.78 is 0. The van der Waals surface area contributed by atoms with Crippen molar-refractivity contribution in [3.8, 4) is 11.3 Å². The van der Waals surface area contributed by atoms with Gasteiger partial charge in [0.2, 0.25) is 5.91 Å². The lowest BCUT2D eigenvalue weighted by molar-refractivity contribution is -0.126. The maximum absolute atomic E-state index is 12.3. The molecule has 7 nitrogen and oxygen atoms in total. The number of nitrogens with zero attached hydrogens (tertiary/aromatic N) is 1. The normalized spacial score (nSPS) is 11.6. The number of amides is 2. The lowest BCUT2D eigenvalue weighted by Crippen LogP contribution is -2.46. The third kappa shape index (κ3) is 5.02. The Morgan fingerprint density at radius 1 is 1.04 bits per heavy atom. The molecule has 0 saturated heterocycles. The Hall–Kier alpha value is -3.45. The maximum atomic E-state index is 12.3. The van der Waals surface area contributed by atoms with Crippen LogP contribution in [0.5, 0.6) is 0 Å². The first kappa shape index (κ1) is 18.3. The van der Waals surface area contributed by atoms with E-state index in [1.165, 1.54) is 0 Å². The van der Waals surface area contributed by atoms with E-state index in [1.807, 2.05) is 60.7 Å². The van der Waals surface area contributed by atoms with E-state index in [9.17, 15) is 14.7 Å². The third-order valence-electron chi connectivity index (χ3n) is 3.96. The lowest BCUT2D eigenvalue weighted by atomic mass is 10.1. The van der Waals surface area contributed by atoms with Crippen LogP contribution in [0.25, 0.3) is 11.3 Å². The van der Waals surface area contributed by atoms with Crippen LogP contribution in [-0.4, -0.2) is 39.8 Å². The number of H-pyrrole nitrogens is 1. The number of carbonyl (C=O) groups is 2. The fourth-order valence-corrected chi connectivity index (χ4v) is 2.59. The summed E-state index contributed by atoms with van der Waals surface area (Å²) >= 11 is 0. The second-order valence-electron chi connectivity index (χ2n) is 5.99. The van der Waals surface area contributed by atoms with Crippen molar-refractivity contribution in [2.24, 2.45) is 0 Å². The zero-order chi connectivity index (χ0) is 19.1. The Balaban J connectivity index is 1.59. The quantitative estimate of drug-likeness (QED) is 0.512. The molecular formula is C20H20N4O3. The number of nitrogens with one attached hydrogen (secondary N) is 3. The second kappa shape index (κ2) is 8.77. The summed E-state index contributed by atoms with van der Waals surface area (Å²) in [7, 11) is 0. The van der Waals surface area contributed by atoms with Gasteiger partial charge in [-0.15, -0.1) is 0 Å². The van der Waals surface area contributed by atoms with Gasteiger partial charge in [0, 0.05) is 6.07 Å². The molecule has 0 saturated carbocycles. The highest BCUT2D eigenvalue weighted by atomic mass is 16.3. The Morgan fingerprint density at radius 3 is 2.37 bits per heavy atom. The van der Waals surface area contributed by atoms with E-state index in [4.69, 9.17) is 0 Å². The molecule has 7 heteroatoms. The minimum Gasteiger partial charge on any atom is -0.394 e. The van der Waals surface area contributed by atoms with E-state index in [0.717, 1.165) is 16.8 Å². The first-order valence-corrected chi connectivity index (χ1v) is 8.51. The van der Waals surface area contributed by atoms with E-state index < -0.39 is 18.6 Å². The van der Waals surface area contributed by atoms with Gasteiger partial charge in [0.15, 0.2) is 5.82 Å². The van der Waals surface area contributed by atoms with Crippen molar-refractivity contribution in [2.45, 2.75) is 12.5 Å². The molecule has 27 heavy (non-hydrogen) atoms. The molecule has 138 valence electrons. The molecule has 1 unspecified atom stereocenters. The monoisotopic (exact) mass is 364 g/mol. The molecule has 0 aliphatic carbocycles. The minimum absolute atomic E-state index is 0.130. The number of aromatic amines is 1. The molecule has 1 atom stereocenters. The van der Waals surface area contributed by atoms with Crippen LogP contribution in [0.15, 0.2) is 66.7 Å². The highest BCUT2D eigenvalue weighted by Gasteiger charge is 2.21. The average molecular weight is 364 g/mol.